The highest BCUT2D eigenvalue weighted by Crippen LogP contribution is 2.45. The number of carboxylic acids is 1. The number of hydrogen-bond acceptors (Lipinski definition) is 4. The number of likely N-dealkylation sites (tertiary alicyclic amines) is 1. The number of aliphatic carboxylic acids is 1. The van der Waals surface area contributed by atoms with Crippen LogP contribution < -0.4 is 10.1 Å². The molecule has 2 atom stereocenters. The summed E-state index contributed by atoms with van der Waals surface area (Å²) in [5, 5.41) is 13.7. The second kappa shape index (κ2) is 9.71. The van der Waals surface area contributed by atoms with Crippen LogP contribution in [0.1, 0.15) is 55.6 Å². The molecule has 34 heavy (non-hydrogen) atoms. The fraction of sp³-hybridized carbons (Fsp3) is 0.552. The van der Waals surface area contributed by atoms with E-state index in [1.54, 1.807) is 7.11 Å². The molecule has 5 heteroatoms. The molecule has 0 amide bonds. The molecule has 0 unspecified atom stereocenters. The van der Waals surface area contributed by atoms with E-state index in [1.807, 2.05) is 0 Å². The Balaban J connectivity index is 1.23. The van der Waals surface area contributed by atoms with E-state index >= 15 is 0 Å². The molecule has 5 nitrogen and oxygen atoms in total. The van der Waals surface area contributed by atoms with Gasteiger partial charge in [-0.25, -0.2) is 0 Å². The van der Waals surface area contributed by atoms with Gasteiger partial charge in [-0.3, -0.25) is 4.79 Å². The molecular weight excluding hydrogens is 424 g/mol. The molecule has 0 bridgehead atoms. The number of nitrogens with zero attached hydrogens (tertiary/aromatic N) is 1. The van der Waals surface area contributed by atoms with Crippen LogP contribution in [-0.4, -0.2) is 55.3 Å². The topological polar surface area (TPSA) is 61.8 Å². The first-order valence-electron chi connectivity index (χ1n) is 12.9. The summed E-state index contributed by atoms with van der Waals surface area (Å²) in [5.74, 6) is 0.929. The SMILES string of the molecule is COc1ccc(CC2(CN[C@@H]3C[C@@H]3c3ccccc3)CCN(CC3(C(=O)O)CCC3)CC2)cc1. The Morgan fingerprint density at radius 1 is 1.06 bits per heavy atom. The van der Waals surface area contributed by atoms with Gasteiger partial charge in [-0.05, 0) is 80.3 Å². The van der Waals surface area contributed by atoms with Crippen LogP contribution in [0.15, 0.2) is 54.6 Å². The lowest BCUT2D eigenvalue weighted by Gasteiger charge is -2.47. The van der Waals surface area contributed by atoms with Crippen LogP contribution in [-0.2, 0) is 11.2 Å². The van der Waals surface area contributed by atoms with Crippen molar-refractivity contribution < 1.29 is 14.6 Å². The van der Waals surface area contributed by atoms with Gasteiger partial charge in [-0.2, -0.15) is 0 Å². The molecule has 0 radical (unpaired) electrons. The monoisotopic (exact) mass is 462 g/mol. The average molecular weight is 463 g/mol. The first-order chi connectivity index (χ1) is 16.5. The fourth-order valence-corrected chi connectivity index (χ4v) is 6.09. The van der Waals surface area contributed by atoms with Crippen molar-refractivity contribution in [3.63, 3.8) is 0 Å². The van der Waals surface area contributed by atoms with Gasteiger partial charge in [0.05, 0.1) is 12.5 Å². The Morgan fingerprint density at radius 2 is 1.76 bits per heavy atom. The third-order valence-electron chi connectivity index (χ3n) is 8.70. The van der Waals surface area contributed by atoms with E-state index in [0.29, 0.717) is 18.5 Å². The van der Waals surface area contributed by atoms with E-state index in [9.17, 15) is 9.90 Å². The number of carbonyl (C=O) groups is 1. The van der Waals surface area contributed by atoms with E-state index in [4.69, 9.17) is 4.74 Å². The molecule has 182 valence electrons. The predicted octanol–water partition coefficient (Wildman–Crippen LogP) is 4.72. The van der Waals surface area contributed by atoms with Gasteiger partial charge in [-0.15, -0.1) is 0 Å². The minimum absolute atomic E-state index is 0.199. The molecule has 2 aromatic carbocycles. The second-order valence-corrected chi connectivity index (χ2v) is 11.0. The number of hydrogen-bond donors (Lipinski definition) is 2. The summed E-state index contributed by atoms with van der Waals surface area (Å²) in [7, 11) is 1.71. The maximum Gasteiger partial charge on any atom is 0.310 e. The summed E-state index contributed by atoms with van der Waals surface area (Å²) in [6, 6.07) is 19.9. The number of carboxylic acid groups (broad SMARTS) is 1. The van der Waals surface area contributed by atoms with Gasteiger partial charge < -0.3 is 20.1 Å². The Hall–Kier alpha value is -2.37. The molecular formula is C29H38N2O3. The summed E-state index contributed by atoms with van der Waals surface area (Å²) < 4.78 is 5.35. The molecule has 3 fully saturated rings. The minimum atomic E-state index is -0.601. The lowest BCUT2D eigenvalue weighted by molar-refractivity contribution is -0.156. The van der Waals surface area contributed by atoms with E-state index in [-0.39, 0.29) is 5.41 Å². The number of ether oxygens (including phenoxy) is 1. The van der Waals surface area contributed by atoms with E-state index in [1.165, 1.54) is 17.5 Å². The Bertz CT molecular complexity index is 963. The molecule has 2 N–H and O–H groups in total. The zero-order chi connectivity index (χ0) is 23.6. The minimum Gasteiger partial charge on any atom is -0.497 e. The first kappa shape index (κ1) is 23.4. The van der Waals surface area contributed by atoms with Crippen LogP contribution in [0.4, 0.5) is 0 Å². The molecule has 1 aliphatic heterocycles. The normalized spacial score (nSPS) is 25.3. The highest BCUT2D eigenvalue weighted by Gasteiger charge is 2.47. The molecule has 0 aromatic heterocycles. The van der Waals surface area contributed by atoms with Crippen molar-refractivity contribution >= 4 is 5.97 Å². The summed E-state index contributed by atoms with van der Waals surface area (Å²) in [6.07, 6.45) is 7.19. The van der Waals surface area contributed by atoms with Crippen molar-refractivity contribution in [2.24, 2.45) is 10.8 Å². The van der Waals surface area contributed by atoms with Gasteiger partial charge in [0.25, 0.3) is 0 Å². The maximum absolute atomic E-state index is 11.9. The second-order valence-electron chi connectivity index (χ2n) is 11.0. The van der Waals surface area contributed by atoms with Gasteiger partial charge in [-0.1, -0.05) is 48.9 Å². The largest absolute Gasteiger partial charge is 0.497 e. The lowest BCUT2D eigenvalue weighted by Crippen LogP contribution is -2.52. The standard InChI is InChI=1S/C29H38N2O3/c1-34-24-10-8-22(9-11-24)19-28(20-30-26-18-25(26)23-6-3-2-4-7-23)14-16-31(17-15-28)21-29(27(32)33)12-5-13-29/h2-4,6-11,25-26,30H,5,12-21H2,1H3,(H,32,33)/t25-,26-/m1/s1. The van der Waals surface area contributed by atoms with Crippen LogP contribution in [0.3, 0.4) is 0 Å². The highest BCUT2D eigenvalue weighted by atomic mass is 16.5. The summed E-state index contributed by atoms with van der Waals surface area (Å²) in [4.78, 5) is 14.3. The molecule has 5 rings (SSSR count). The van der Waals surface area contributed by atoms with Crippen LogP contribution in [0, 0.1) is 10.8 Å². The third kappa shape index (κ3) is 5.01. The number of piperidine rings is 1. The van der Waals surface area contributed by atoms with Crippen molar-refractivity contribution in [2.75, 3.05) is 33.3 Å². The Morgan fingerprint density at radius 3 is 2.35 bits per heavy atom. The zero-order valence-corrected chi connectivity index (χ0v) is 20.3. The summed E-state index contributed by atoms with van der Waals surface area (Å²) >= 11 is 0. The van der Waals surface area contributed by atoms with Gasteiger partial charge >= 0.3 is 5.97 Å². The Labute approximate surface area is 203 Å². The van der Waals surface area contributed by atoms with Crippen LogP contribution >= 0.6 is 0 Å². The van der Waals surface area contributed by atoms with Crippen LogP contribution in [0.25, 0.3) is 0 Å². The van der Waals surface area contributed by atoms with Gasteiger partial charge in [0.15, 0.2) is 0 Å². The van der Waals surface area contributed by atoms with Gasteiger partial charge in [0.1, 0.15) is 5.75 Å². The quantitative estimate of drug-likeness (QED) is 0.535. The van der Waals surface area contributed by atoms with Crippen molar-refractivity contribution in [3.8, 4) is 5.75 Å². The summed E-state index contributed by atoms with van der Waals surface area (Å²) in [5.41, 5.74) is 2.50. The van der Waals surface area contributed by atoms with E-state index in [2.05, 4.69) is 64.8 Å². The maximum atomic E-state index is 11.9. The van der Waals surface area contributed by atoms with Crippen molar-refractivity contribution in [1.82, 2.24) is 10.2 Å². The average Bonchev–Trinajstić information content (AvgIpc) is 3.62. The van der Waals surface area contributed by atoms with Crippen molar-refractivity contribution in [1.29, 1.82) is 0 Å². The predicted molar refractivity (Wildman–Crippen MR) is 134 cm³/mol. The van der Waals surface area contributed by atoms with Crippen LogP contribution in [0.2, 0.25) is 0 Å². The Kier molecular flexibility index (Phi) is 6.67. The molecule has 1 heterocycles. The van der Waals surface area contributed by atoms with Crippen molar-refractivity contribution in [3.05, 3.63) is 65.7 Å². The number of methoxy groups -OCH3 is 1. The number of benzene rings is 2. The first-order valence-corrected chi connectivity index (χ1v) is 12.9. The molecule has 2 aliphatic carbocycles. The third-order valence-corrected chi connectivity index (χ3v) is 8.70. The molecule has 2 aromatic rings. The zero-order valence-electron chi connectivity index (χ0n) is 20.3. The van der Waals surface area contributed by atoms with Crippen molar-refractivity contribution in [2.45, 2.75) is 56.9 Å². The number of nitrogens with one attached hydrogen (secondary N) is 1. The fourth-order valence-electron chi connectivity index (χ4n) is 6.09. The highest BCUT2D eigenvalue weighted by molar-refractivity contribution is 5.76. The molecule has 0 spiro atoms. The smallest absolute Gasteiger partial charge is 0.310 e. The summed E-state index contributed by atoms with van der Waals surface area (Å²) in [6.45, 7) is 3.71. The molecule has 1 saturated heterocycles. The molecule has 3 aliphatic rings. The van der Waals surface area contributed by atoms with E-state index < -0.39 is 11.4 Å². The van der Waals surface area contributed by atoms with Gasteiger partial charge in [0.2, 0.25) is 0 Å². The molecule has 2 saturated carbocycles. The lowest BCUT2D eigenvalue weighted by atomic mass is 9.67. The van der Waals surface area contributed by atoms with E-state index in [0.717, 1.165) is 63.9 Å². The number of rotatable bonds is 10. The van der Waals surface area contributed by atoms with Gasteiger partial charge in [0, 0.05) is 25.0 Å². The van der Waals surface area contributed by atoms with Crippen LogP contribution in [0.5, 0.6) is 5.75 Å².